The first kappa shape index (κ1) is 11.5. The van der Waals surface area contributed by atoms with E-state index in [9.17, 15) is 0 Å². The van der Waals surface area contributed by atoms with E-state index in [1.54, 1.807) is 7.11 Å². The van der Waals surface area contributed by atoms with E-state index in [-0.39, 0.29) is 6.61 Å². The Bertz CT molecular complexity index is 356. The molecule has 2 heterocycles. The molecule has 0 amide bonds. The zero-order valence-corrected chi connectivity index (χ0v) is 10.2. The molecular weight excluding hydrogens is 226 g/mol. The van der Waals surface area contributed by atoms with Gasteiger partial charge < -0.3 is 20.5 Å². The quantitative estimate of drug-likeness (QED) is 0.823. The van der Waals surface area contributed by atoms with Crippen molar-refractivity contribution in [1.82, 2.24) is 4.37 Å². The summed E-state index contributed by atoms with van der Waals surface area (Å²) in [6, 6.07) is 0. The number of ether oxygens (including phenoxy) is 1. The van der Waals surface area contributed by atoms with Crippen LogP contribution in [0.1, 0.15) is 12.8 Å². The smallest absolute Gasteiger partial charge is 0.197 e. The Balaban J connectivity index is 2.08. The van der Waals surface area contributed by atoms with Gasteiger partial charge >= 0.3 is 0 Å². The number of anilines is 2. The maximum Gasteiger partial charge on any atom is 0.197 e. The van der Waals surface area contributed by atoms with Gasteiger partial charge in [-0.3, -0.25) is 0 Å². The molecule has 1 saturated heterocycles. The van der Waals surface area contributed by atoms with Gasteiger partial charge in [0.05, 0.1) is 7.11 Å². The molecule has 0 spiro atoms. The first-order valence-electron chi connectivity index (χ1n) is 5.41. The Morgan fingerprint density at radius 3 is 3.19 bits per heavy atom. The van der Waals surface area contributed by atoms with E-state index in [4.69, 9.17) is 15.6 Å². The summed E-state index contributed by atoms with van der Waals surface area (Å²) in [6.07, 6.45) is 1.98. The fourth-order valence-electron chi connectivity index (χ4n) is 2.11. The first-order chi connectivity index (χ1) is 7.76. The highest BCUT2D eigenvalue weighted by Gasteiger charge is 2.26. The van der Waals surface area contributed by atoms with Gasteiger partial charge in [0.2, 0.25) is 0 Å². The summed E-state index contributed by atoms with van der Waals surface area (Å²) in [5, 5.41) is 9.93. The number of nitrogens with two attached hydrogens (primary N) is 1. The molecule has 1 fully saturated rings. The molecule has 3 N–H and O–H groups in total. The van der Waals surface area contributed by atoms with Gasteiger partial charge in [0.1, 0.15) is 0 Å². The van der Waals surface area contributed by atoms with Crippen molar-refractivity contribution in [2.75, 3.05) is 37.4 Å². The zero-order valence-electron chi connectivity index (χ0n) is 9.35. The van der Waals surface area contributed by atoms with Crippen molar-refractivity contribution in [2.45, 2.75) is 12.8 Å². The number of methoxy groups -OCH3 is 1. The Labute approximate surface area is 99.0 Å². The normalized spacial score (nSPS) is 20.4. The maximum absolute atomic E-state index is 8.92. The summed E-state index contributed by atoms with van der Waals surface area (Å²) < 4.78 is 9.36. The average molecular weight is 243 g/mol. The number of aliphatic hydroxyl groups is 1. The number of aliphatic hydroxyl groups excluding tert-OH is 1. The number of aromatic nitrogens is 1. The van der Waals surface area contributed by atoms with E-state index in [0.717, 1.165) is 30.9 Å². The second-order valence-electron chi connectivity index (χ2n) is 4.02. The third-order valence-electron chi connectivity index (χ3n) is 2.97. The fraction of sp³-hybridized carbons (Fsp3) is 0.700. The molecule has 0 bridgehead atoms. The van der Waals surface area contributed by atoms with Gasteiger partial charge in [-0.25, -0.2) is 0 Å². The van der Waals surface area contributed by atoms with Gasteiger partial charge in [0, 0.05) is 19.7 Å². The van der Waals surface area contributed by atoms with Crippen LogP contribution in [-0.4, -0.2) is 36.3 Å². The summed E-state index contributed by atoms with van der Waals surface area (Å²) in [5.74, 6) is 1.72. The summed E-state index contributed by atoms with van der Waals surface area (Å²) in [4.78, 5) is 2.24. The van der Waals surface area contributed by atoms with Crippen LogP contribution in [-0.2, 0) is 0 Å². The highest BCUT2D eigenvalue weighted by Crippen LogP contribution is 2.40. The maximum atomic E-state index is 8.92. The Morgan fingerprint density at radius 2 is 2.50 bits per heavy atom. The van der Waals surface area contributed by atoms with E-state index in [2.05, 4.69) is 9.27 Å². The standard InChI is InChI=1S/C10H17N3O2S/c1-15-8-9(11)12-16-10(8)13-4-2-7(6-13)3-5-14/h7,14H,2-6H2,1H3,(H2,11,12). The predicted molar refractivity (Wildman–Crippen MR) is 65.1 cm³/mol. The van der Waals surface area contributed by atoms with Crippen LogP contribution >= 0.6 is 11.5 Å². The van der Waals surface area contributed by atoms with Crippen LogP contribution in [0.4, 0.5) is 10.8 Å². The van der Waals surface area contributed by atoms with Gasteiger partial charge in [-0.2, -0.15) is 4.37 Å². The lowest BCUT2D eigenvalue weighted by Gasteiger charge is -2.17. The molecule has 1 unspecified atom stereocenters. The van der Waals surface area contributed by atoms with Crippen molar-refractivity contribution < 1.29 is 9.84 Å². The number of rotatable bonds is 4. The van der Waals surface area contributed by atoms with Crippen molar-refractivity contribution in [3.63, 3.8) is 0 Å². The van der Waals surface area contributed by atoms with Gasteiger partial charge in [-0.15, -0.1) is 0 Å². The first-order valence-corrected chi connectivity index (χ1v) is 6.18. The second kappa shape index (κ2) is 4.88. The Morgan fingerprint density at radius 1 is 1.69 bits per heavy atom. The lowest BCUT2D eigenvalue weighted by molar-refractivity contribution is 0.263. The molecule has 1 aliphatic rings. The predicted octanol–water partition coefficient (Wildman–Crippen LogP) is 0.943. The lowest BCUT2D eigenvalue weighted by atomic mass is 10.1. The van der Waals surface area contributed by atoms with E-state index in [1.807, 2.05) is 0 Å². The molecule has 5 nitrogen and oxygen atoms in total. The van der Waals surface area contributed by atoms with Crippen molar-refractivity contribution in [2.24, 2.45) is 5.92 Å². The Hall–Kier alpha value is -1.01. The van der Waals surface area contributed by atoms with Crippen molar-refractivity contribution in [1.29, 1.82) is 0 Å². The molecule has 0 saturated carbocycles. The van der Waals surface area contributed by atoms with E-state index < -0.39 is 0 Å². The molecule has 0 radical (unpaired) electrons. The van der Waals surface area contributed by atoms with Gasteiger partial charge in [0.25, 0.3) is 0 Å². The van der Waals surface area contributed by atoms with Crippen molar-refractivity contribution >= 4 is 22.4 Å². The minimum atomic E-state index is 0.264. The van der Waals surface area contributed by atoms with Gasteiger partial charge in [-0.05, 0) is 30.3 Å². The minimum Gasteiger partial charge on any atom is -0.490 e. The molecule has 2 rings (SSSR count). The van der Waals surface area contributed by atoms with Crippen LogP contribution < -0.4 is 15.4 Å². The highest BCUT2D eigenvalue weighted by atomic mass is 32.1. The largest absolute Gasteiger partial charge is 0.490 e. The monoisotopic (exact) mass is 243 g/mol. The van der Waals surface area contributed by atoms with Crippen LogP contribution in [0, 0.1) is 5.92 Å². The molecule has 90 valence electrons. The highest BCUT2D eigenvalue weighted by molar-refractivity contribution is 7.11. The van der Waals surface area contributed by atoms with Crippen molar-refractivity contribution in [3.05, 3.63) is 0 Å². The van der Waals surface area contributed by atoms with Crippen LogP contribution in [0.15, 0.2) is 0 Å². The number of nitrogens with zero attached hydrogens (tertiary/aromatic N) is 2. The Kier molecular flexibility index (Phi) is 3.50. The second-order valence-corrected chi connectivity index (χ2v) is 4.77. The molecule has 1 aliphatic heterocycles. The molecule has 6 heteroatoms. The molecule has 0 aromatic carbocycles. The molecule has 1 aromatic heterocycles. The lowest BCUT2D eigenvalue weighted by Crippen LogP contribution is -2.19. The van der Waals surface area contributed by atoms with Crippen LogP contribution in [0.5, 0.6) is 5.75 Å². The molecule has 0 aliphatic carbocycles. The SMILES string of the molecule is COc1c(N)nsc1N1CCC(CCO)C1. The zero-order chi connectivity index (χ0) is 11.5. The number of hydrogen-bond acceptors (Lipinski definition) is 6. The fourth-order valence-corrected chi connectivity index (χ4v) is 2.93. The average Bonchev–Trinajstić information content (AvgIpc) is 2.85. The molecule has 1 atom stereocenters. The topological polar surface area (TPSA) is 71.6 Å². The third kappa shape index (κ3) is 2.08. The van der Waals surface area contributed by atoms with Crippen molar-refractivity contribution in [3.8, 4) is 5.75 Å². The van der Waals surface area contributed by atoms with Crippen LogP contribution in [0.2, 0.25) is 0 Å². The van der Waals surface area contributed by atoms with E-state index in [1.165, 1.54) is 11.5 Å². The van der Waals surface area contributed by atoms with E-state index >= 15 is 0 Å². The summed E-state index contributed by atoms with van der Waals surface area (Å²) in [5.41, 5.74) is 5.72. The third-order valence-corrected chi connectivity index (χ3v) is 3.88. The summed E-state index contributed by atoms with van der Waals surface area (Å²) in [7, 11) is 1.62. The van der Waals surface area contributed by atoms with Crippen LogP contribution in [0.3, 0.4) is 0 Å². The van der Waals surface area contributed by atoms with Gasteiger partial charge in [0.15, 0.2) is 16.6 Å². The summed E-state index contributed by atoms with van der Waals surface area (Å²) in [6.45, 7) is 2.21. The molecule has 1 aromatic rings. The summed E-state index contributed by atoms with van der Waals surface area (Å²) >= 11 is 1.38. The van der Waals surface area contributed by atoms with E-state index in [0.29, 0.717) is 17.5 Å². The van der Waals surface area contributed by atoms with Crippen LogP contribution in [0.25, 0.3) is 0 Å². The number of hydrogen-bond donors (Lipinski definition) is 2. The number of nitrogen functional groups attached to an aromatic ring is 1. The van der Waals surface area contributed by atoms with Gasteiger partial charge in [-0.1, -0.05) is 0 Å². The molecular formula is C10H17N3O2S. The molecule has 16 heavy (non-hydrogen) atoms. The minimum absolute atomic E-state index is 0.264.